The first kappa shape index (κ1) is 15.9. The molecule has 0 aromatic carbocycles. The number of nitrogens with one attached hydrogen (secondary N) is 1. The van der Waals surface area contributed by atoms with Crippen LogP contribution in [0.15, 0.2) is 0 Å². The van der Waals surface area contributed by atoms with Crippen LogP contribution in [-0.2, 0) is 4.74 Å². The highest BCUT2D eigenvalue weighted by Gasteiger charge is 2.25. The van der Waals surface area contributed by atoms with E-state index in [0.29, 0.717) is 12.2 Å². The van der Waals surface area contributed by atoms with Gasteiger partial charge in [-0.2, -0.15) is 0 Å². The summed E-state index contributed by atoms with van der Waals surface area (Å²) in [6, 6.07) is 0. The van der Waals surface area contributed by atoms with Crippen molar-refractivity contribution in [3.05, 3.63) is 0 Å². The minimum atomic E-state index is 0.435. The van der Waals surface area contributed by atoms with Crippen LogP contribution in [0.3, 0.4) is 0 Å². The van der Waals surface area contributed by atoms with E-state index in [2.05, 4.69) is 43.2 Å². The van der Waals surface area contributed by atoms with Crippen molar-refractivity contribution >= 4 is 0 Å². The van der Waals surface area contributed by atoms with Crippen LogP contribution in [0.25, 0.3) is 0 Å². The Bertz CT molecular complexity index is 211. The van der Waals surface area contributed by atoms with Crippen molar-refractivity contribution in [3.8, 4) is 0 Å². The van der Waals surface area contributed by atoms with Crippen LogP contribution in [0.2, 0.25) is 0 Å². The van der Waals surface area contributed by atoms with Gasteiger partial charge in [0.15, 0.2) is 0 Å². The molecule has 2 unspecified atom stereocenters. The van der Waals surface area contributed by atoms with Gasteiger partial charge in [-0.05, 0) is 60.0 Å². The van der Waals surface area contributed by atoms with Gasteiger partial charge in [-0.1, -0.05) is 6.92 Å². The van der Waals surface area contributed by atoms with E-state index in [-0.39, 0.29) is 0 Å². The van der Waals surface area contributed by atoms with Crippen molar-refractivity contribution in [2.45, 2.75) is 38.4 Å². The molecule has 0 spiro atoms. The van der Waals surface area contributed by atoms with Gasteiger partial charge in [0.1, 0.15) is 0 Å². The van der Waals surface area contributed by atoms with Gasteiger partial charge in [-0.3, -0.25) is 0 Å². The summed E-state index contributed by atoms with van der Waals surface area (Å²) in [7, 11) is 6.47. The Morgan fingerprint density at radius 2 is 1.83 bits per heavy atom. The average Bonchev–Trinajstić information content (AvgIpc) is 2.73. The van der Waals surface area contributed by atoms with Crippen molar-refractivity contribution in [3.63, 3.8) is 0 Å². The highest BCUT2D eigenvalue weighted by molar-refractivity contribution is 4.77. The zero-order valence-electron chi connectivity index (χ0n) is 12.6. The molecule has 2 atom stereocenters. The number of hydrogen-bond donors (Lipinski definition) is 1. The second kappa shape index (κ2) is 8.86. The summed E-state index contributed by atoms with van der Waals surface area (Å²) in [6.07, 6.45) is 4.54. The van der Waals surface area contributed by atoms with E-state index in [4.69, 9.17) is 4.74 Å². The quantitative estimate of drug-likeness (QED) is 0.668. The number of likely N-dealkylation sites (N-methyl/N-ethyl adjacent to an activating group) is 2. The molecule has 1 N–H and O–H groups in total. The van der Waals surface area contributed by atoms with Crippen LogP contribution in [0.4, 0.5) is 0 Å². The van der Waals surface area contributed by atoms with Gasteiger partial charge in [0, 0.05) is 13.1 Å². The fraction of sp³-hybridized carbons (Fsp3) is 1.00. The second-order valence-electron chi connectivity index (χ2n) is 5.68. The van der Waals surface area contributed by atoms with Crippen LogP contribution >= 0.6 is 0 Å². The lowest BCUT2D eigenvalue weighted by Crippen LogP contribution is -2.33. The van der Waals surface area contributed by atoms with Gasteiger partial charge in [0.2, 0.25) is 0 Å². The molecule has 18 heavy (non-hydrogen) atoms. The summed E-state index contributed by atoms with van der Waals surface area (Å²) in [4.78, 5) is 4.65. The Hall–Kier alpha value is -0.160. The summed E-state index contributed by atoms with van der Waals surface area (Å²) >= 11 is 0. The zero-order chi connectivity index (χ0) is 13.4. The minimum absolute atomic E-state index is 0.435. The van der Waals surface area contributed by atoms with E-state index in [1.165, 1.54) is 25.8 Å². The molecule has 0 aliphatic carbocycles. The van der Waals surface area contributed by atoms with Crippen LogP contribution in [-0.4, -0.2) is 75.9 Å². The van der Waals surface area contributed by atoms with E-state index in [1.807, 2.05) is 0 Å². The molecule has 1 aliphatic rings. The number of ether oxygens (including phenoxy) is 1. The third-order valence-electron chi connectivity index (χ3n) is 3.48. The summed E-state index contributed by atoms with van der Waals surface area (Å²) in [5, 5.41) is 3.37. The molecule has 1 fully saturated rings. The van der Waals surface area contributed by atoms with Crippen molar-refractivity contribution in [1.29, 1.82) is 0 Å². The predicted molar refractivity (Wildman–Crippen MR) is 77.1 cm³/mol. The molecule has 0 amide bonds. The fourth-order valence-corrected chi connectivity index (χ4v) is 2.47. The standard InChI is InChI=1S/C14H31N3O/c1-5-15-11-13-7-8-14(18-13)12-17(4)10-6-9-16(2)3/h13-15H,5-12H2,1-4H3. The summed E-state index contributed by atoms with van der Waals surface area (Å²) in [5.41, 5.74) is 0. The highest BCUT2D eigenvalue weighted by Crippen LogP contribution is 2.19. The number of hydrogen-bond acceptors (Lipinski definition) is 4. The summed E-state index contributed by atoms with van der Waals surface area (Å²) < 4.78 is 6.05. The molecule has 0 aromatic heterocycles. The topological polar surface area (TPSA) is 27.7 Å². The Labute approximate surface area is 113 Å². The maximum Gasteiger partial charge on any atom is 0.0707 e. The van der Waals surface area contributed by atoms with Crippen LogP contribution in [0.1, 0.15) is 26.2 Å². The van der Waals surface area contributed by atoms with E-state index < -0.39 is 0 Å². The average molecular weight is 257 g/mol. The molecule has 1 saturated heterocycles. The monoisotopic (exact) mass is 257 g/mol. The van der Waals surface area contributed by atoms with Crippen molar-refractivity contribution in [1.82, 2.24) is 15.1 Å². The second-order valence-corrected chi connectivity index (χ2v) is 5.68. The molecule has 0 radical (unpaired) electrons. The van der Waals surface area contributed by atoms with Crippen LogP contribution in [0.5, 0.6) is 0 Å². The molecular weight excluding hydrogens is 226 g/mol. The molecule has 108 valence electrons. The first-order valence-corrected chi connectivity index (χ1v) is 7.31. The van der Waals surface area contributed by atoms with Crippen LogP contribution < -0.4 is 5.32 Å². The third-order valence-corrected chi connectivity index (χ3v) is 3.48. The molecular formula is C14H31N3O. The lowest BCUT2D eigenvalue weighted by Gasteiger charge is -2.22. The first-order valence-electron chi connectivity index (χ1n) is 7.31. The Kier molecular flexibility index (Phi) is 7.82. The number of nitrogens with zero attached hydrogens (tertiary/aromatic N) is 2. The maximum absolute atomic E-state index is 6.05. The molecule has 1 aliphatic heterocycles. The summed E-state index contributed by atoms with van der Waals surface area (Å²) in [6.45, 7) is 7.60. The predicted octanol–water partition coefficient (Wildman–Crippen LogP) is 1.03. The highest BCUT2D eigenvalue weighted by atomic mass is 16.5. The van der Waals surface area contributed by atoms with Gasteiger partial charge < -0.3 is 19.9 Å². The van der Waals surface area contributed by atoms with Gasteiger partial charge >= 0.3 is 0 Å². The lowest BCUT2D eigenvalue weighted by molar-refractivity contribution is 0.0278. The largest absolute Gasteiger partial charge is 0.372 e. The summed E-state index contributed by atoms with van der Waals surface area (Å²) in [5.74, 6) is 0. The normalized spacial score (nSPS) is 24.3. The Morgan fingerprint density at radius 3 is 2.50 bits per heavy atom. The van der Waals surface area contributed by atoms with Crippen molar-refractivity contribution in [2.75, 3.05) is 53.9 Å². The van der Waals surface area contributed by atoms with E-state index in [1.54, 1.807) is 0 Å². The maximum atomic E-state index is 6.05. The molecule has 1 rings (SSSR count). The van der Waals surface area contributed by atoms with E-state index in [9.17, 15) is 0 Å². The molecule has 4 nitrogen and oxygen atoms in total. The third kappa shape index (κ3) is 6.69. The molecule has 0 saturated carbocycles. The smallest absolute Gasteiger partial charge is 0.0707 e. The molecule has 4 heteroatoms. The molecule has 0 aromatic rings. The van der Waals surface area contributed by atoms with Crippen LogP contribution in [0, 0.1) is 0 Å². The fourth-order valence-electron chi connectivity index (χ4n) is 2.47. The Morgan fingerprint density at radius 1 is 1.11 bits per heavy atom. The first-order chi connectivity index (χ1) is 8.61. The lowest BCUT2D eigenvalue weighted by atomic mass is 10.2. The zero-order valence-corrected chi connectivity index (χ0v) is 12.6. The minimum Gasteiger partial charge on any atom is -0.372 e. The van der Waals surface area contributed by atoms with E-state index in [0.717, 1.165) is 26.2 Å². The van der Waals surface area contributed by atoms with Gasteiger partial charge in [0.05, 0.1) is 12.2 Å². The molecule has 1 heterocycles. The molecule has 0 bridgehead atoms. The number of rotatable bonds is 9. The Balaban J connectivity index is 2.08. The van der Waals surface area contributed by atoms with Gasteiger partial charge in [-0.25, -0.2) is 0 Å². The van der Waals surface area contributed by atoms with Gasteiger partial charge in [-0.15, -0.1) is 0 Å². The van der Waals surface area contributed by atoms with Crippen molar-refractivity contribution in [2.24, 2.45) is 0 Å². The van der Waals surface area contributed by atoms with Gasteiger partial charge in [0.25, 0.3) is 0 Å². The SMILES string of the molecule is CCNCC1CCC(CN(C)CCCN(C)C)O1. The van der Waals surface area contributed by atoms with Crippen molar-refractivity contribution < 1.29 is 4.74 Å². The van der Waals surface area contributed by atoms with E-state index >= 15 is 0 Å².